The van der Waals surface area contributed by atoms with Gasteiger partial charge in [-0.2, -0.15) is 0 Å². The van der Waals surface area contributed by atoms with Crippen molar-refractivity contribution in [1.29, 1.82) is 0 Å². The van der Waals surface area contributed by atoms with Crippen molar-refractivity contribution in [3.05, 3.63) is 42.5 Å². The molecule has 0 aliphatic heterocycles. The summed E-state index contributed by atoms with van der Waals surface area (Å²) in [5, 5.41) is 3.32. The van der Waals surface area contributed by atoms with E-state index in [0.29, 0.717) is 0 Å². The first-order valence-corrected chi connectivity index (χ1v) is 5.29. The van der Waals surface area contributed by atoms with E-state index >= 15 is 0 Å². The predicted molar refractivity (Wildman–Crippen MR) is 63.0 cm³/mol. The maximum absolute atomic E-state index is 10.6. The summed E-state index contributed by atoms with van der Waals surface area (Å²) < 4.78 is 0. The van der Waals surface area contributed by atoms with Crippen LogP contribution in [-0.2, 0) is 0 Å². The summed E-state index contributed by atoms with van der Waals surface area (Å²) in [6.07, 6.45) is 0. The zero-order valence-electron chi connectivity index (χ0n) is 7.94. The van der Waals surface area contributed by atoms with Crippen LogP contribution in [0.3, 0.4) is 0 Å². The van der Waals surface area contributed by atoms with Gasteiger partial charge in [0.25, 0.3) is 0 Å². The van der Waals surface area contributed by atoms with Crippen LogP contribution in [0.1, 0.15) is 0 Å². The van der Waals surface area contributed by atoms with Gasteiger partial charge >= 0.3 is 6.03 Å². The van der Waals surface area contributed by atoms with Crippen LogP contribution in [0.5, 0.6) is 0 Å². The van der Waals surface area contributed by atoms with E-state index in [1.165, 1.54) is 11.3 Å². The highest BCUT2D eigenvalue weighted by Gasteiger charge is 2.03. The van der Waals surface area contributed by atoms with Gasteiger partial charge in [-0.25, -0.2) is 4.79 Å². The highest BCUT2D eigenvalue weighted by molar-refractivity contribution is 7.19. The number of amides is 2. The summed E-state index contributed by atoms with van der Waals surface area (Å²) in [6, 6.07) is 13.3. The van der Waals surface area contributed by atoms with E-state index in [1.54, 1.807) is 0 Å². The Balaban J connectivity index is 2.24. The number of hydrogen-bond acceptors (Lipinski definition) is 2. The Morgan fingerprint density at radius 1 is 1.13 bits per heavy atom. The number of hydrogen-bond donors (Lipinski definition) is 2. The number of carbonyl (C=O) groups excluding carboxylic acids is 1. The molecule has 3 nitrogen and oxygen atoms in total. The standard InChI is InChI=1S/C11H10N2OS/c12-11(14)13-10-7-6-9(15-10)8-4-2-1-3-5-8/h1-7H,(H3,12,13,14). The monoisotopic (exact) mass is 218 g/mol. The molecule has 2 rings (SSSR count). The fourth-order valence-corrected chi connectivity index (χ4v) is 2.20. The van der Waals surface area contributed by atoms with Crippen LogP contribution in [0, 0.1) is 0 Å². The SMILES string of the molecule is NC(=O)Nc1ccc(-c2ccccc2)s1. The molecule has 0 atom stereocenters. The van der Waals surface area contributed by atoms with Gasteiger partial charge in [0.2, 0.25) is 0 Å². The van der Waals surface area contributed by atoms with Crippen molar-refractivity contribution in [3.8, 4) is 10.4 Å². The van der Waals surface area contributed by atoms with E-state index in [1.807, 2.05) is 42.5 Å². The van der Waals surface area contributed by atoms with Crippen molar-refractivity contribution >= 4 is 22.4 Å². The first kappa shape index (κ1) is 9.73. The molecule has 0 aliphatic rings. The molecule has 0 aliphatic carbocycles. The van der Waals surface area contributed by atoms with Crippen molar-refractivity contribution in [2.45, 2.75) is 0 Å². The second-order valence-electron chi connectivity index (χ2n) is 3.02. The fraction of sp³-hybridized carbons (Fsp3) is 0. The first-order chi connectivity index (χ1) is 7.25. The smallest absolute Gasteiger partial charge is 0.317 e. The summed E-state index contributed by atoms with van der Waals surface area (Å²) in [5.74, 6) is 0. The van der Waals surface area contributed by atoms with Gasteiger partial charge in [0.15, 0.2) is 0 Å². The first-order valence-electron chi connectivity index (χ1n) is 4.47. The highest BCUT2D eigenvalue weighted by Crippen LogP contribution is 2.30. The third kappa shape index (κ3) is 2.35. The average molecular weight is 218 g/mol. The lowest BCUT2D eigenvalue weighted by Crippen LogP contribution is -2.18. The Kier molecular flexibility index (Phi) is 2.69. The molecule has 0 unspecified atom stereocenters. The number of primary amides is 1. The number of rotatable bonds is 2. The van der Waals surface area contributed by atoms with Crippen molar-refractivity contribution in [2.24, 2.45) is 5.73 Å². The van der Waals surface area contributed by atoms with Crippen LogP contribution in [0.4, 0.5) is 9.80 Å². The Hall–Kier alpha value is -1.81. The highest BCUT2D eigenvalue weighted by atomic mass is 32.1. The number of nitrogens with one attached hydrogen (secondary N) is 1. The normalized spacial score (nSPS) is 9.87. The van der Waals surface area contributed by atoms with E-state index in [-0.39, 0.29) is 0 Å². The van der Waals surface area contributed by atoms with Gasteiger partial charge in [-0.15, -0.1) is 11.3 Å². The lowest BCUT2D eigenvalue weighted by molar-refractivity contribution is 0.259. The summed E-state index contributed by atoms with van der Waals surface area (Å²) >= 11 is 1.50. The van der Waals surface area contributed by atoms with Crippen LogP contribution in [0.2, 0.25) is 0 Å². The van der Waals surface area contributed by atoms with E-state index in [4.69, 9.17) is 5.73 Å². The third-order valence-corrected chi connectivity index (χ3v) is 2.96. The number of anilines is 1. The molecule has 1 aromatic heterocycles. The van der Waals surface area contributed by atoms with E-state index in [9.17, 15) is 4.79 Å². The average Bonchev–Trinajstić information content (AvgIpc) is 2.67. The van der Waals surface area contributed by atoms with Crippen molar-refractivity contribution in [2.75, 3.05) is 5.32 Å². The molecular weight excluding hydrogens is 208 g/mol. The minimum absolute atomic E-state index is 0.531. The fourth-order valence-electron chi connectivity index (χ4n) is 1.28. The number of nitrogens with two attached hydrogens (primary N) is 1. The molecule has 1 aromatic carbocycles. The van der Waals surface area contributed by atoms with Crippen LogP contribution >= 0.6 is 11.3 Å². The zero-order chi connectivity index (χ0) is 10.7. The summed E-state index contributed by atoms with van der Waals surface area (Å²) in [6.45, 7) is 0. The Morgan fingerprint density at radius 2 is 1.87 bits per heavy atom. The van der Waals surface area contributed by atoms with Crippen LogP contribution in [0.15, 0.2) is 42.5 Å². The Bertz CT molecular complexity index is 464. The minimum Gasteiger partial charge on any atom is -0.351 e. The van der Waals surface area contributed by atoms with Gasteiger partial charge in [0.1, 0.15) is 0 Å². The molecule has 2 aromatic rings. The van der Waals surface area contributed by atoms with Gasteiger partial charge in [-0.3, -0.25) is 5.32 Å². The topological polar surface area (TPSA) is 55.1 Å². The predicted octanol–water partition coefficient (Wildman–Crippen LogP) is 2.91. The lowest BCUT2D eigenvalue weighted by Gasteiger charge is -1.96. The summed E-state index contributed by atoms with van der Waals surface area (Å²) in [7, 11) is 0. The lowest BCUT2D eigenvalue weighted by atomic mass is 10.2. The molecule has 0 bridgehead atoms. The van der Waals surface area contributed by atoms with Gasteiger partial charge in [0, 0.05) is 4.88 Å². The molecule has 3 N–H and O–H groups in total. The summed E-state index contributed by atoms with van der Waals surface area (Å²) in [5.41, 5.74) is 6.17. The molecule has 15 heavy (non-hydrogen) atoms. The van der Waals surface area contributed by atoms with Gasteiger partial charge < -0.3 is 5.73 Å². The molecule has 0 saturated heterocycles. The van der Waals surface area contributed by atoms with Crippen LogP contribution in [-0.4, -0.2) is 6.03 Å². The number of carbonyl (C=O) groups is 1. The molecule has 0 spiro atoms. The summed E-state index contributed by atoms with van der Waals surface area (Å²) in [4.78, 5) is 11.7. The molecule has 0 saturated carbocycles. The van der Waals surface area contributed by atoms with Gasteiger partial charge in [-0.05, 0) is 17.7 Å². The number of benzene rings is 1. The van der Waals surface area contributed by atoms with Crippen LogP contribution < -0.4 is 11.1 Å². The molecular formula is C11H10N2OS. The van der Waals surface area contributed by atoms with E-state index < -0.39 is 6.03 Å². The third-order valence-electron chi connectivity index (χ3n) is 1.91. The minimum atomic E-state index is -0.531. The Morgan fingerprint density at radius 3 is 2.53 bits per heavy atom. The second-order valence-corrected chi connectivity index (χ2v) is 4.10. The number of thiophene rings is 1. The maximum Gasteiger partial charge on any atom is 0.317 e. The van der Waals surface area contributed by atoms with E-state index in [2.05, 4.69) is 5.32 Å². The number of urea groups is 1. The van der Waals surface area contributed by atoms with Crippen molar-refractivity contribution < 1.29 is 4.79 Å². The molecule has 76 valence electrons. The maximum atomic E-state index is 10.6. The van der Waals surface area contributed by atoms with E-state index in [0.717, 1.165) is 15.4 Å². The zero-order valence-corrected chi connectivity index (χ0v) is 8.75. The van der Waals surface area contributed by atoms with Crippen molar-refractivity contribution in [3.63, 3.8) is 0 Å². The molecule has 0 radical (unpaired) electrons. The molecule has 4 heteroatoms. The molecule has 1 heterocycles. The van der Waals surface area contributed by atoms with Gasteiger partial charge in [0.05, 0.1) is 5.00 Å². The van der Waals surface area contributed by atoms with Gasteiger partial charge in [-0.1, -0.05) is 30.3 Å². The Labute approximate surface area is 91.5 Å². The molecule has 2 amide bonds. The largest absolute Gasteiger partial charge is 0.351 e. The van der Waals surface area contributed by atoms with Crippen molar-refractivity contribution in [1.82, 2.24) is 0 Å². The quantitative estimate of drug-likeness (QED) is 0.800. The second kappa shape index (κ2) is 4.14. The molecule has 0 fully saturated rings. The van der Waals surface area contributed by atoms with Crippen LogP contribution in [0.25, 0.3) is 10.4 Å².